The molecule has 0 aromatic heterocycles. The van der Waals surface area contributed by atoms with Gasteiger partial charge in [0.15, 0.2) is 9.84 Å². The molecule has 6 heteroatoms. The lowest BCUT2D eigenvalue weighted by molar-refractivity contribution is -0.115. The molecule has 0 aliphatic carbocycles. The van der Waals surface area contributed by atoms with Crippen LogP contribution >= 0.6 is 11.8 Å². The fraction of sp³-hybridized carbons (Fsp3) is 0.364. The highest BCUT2D eigenvalue weighted by Crippen LogP contribution is 2.40. The third-order valence-electron chi connectivity index (χ3n) is 2.57. The molecule has 1 atom stereocenters. The molecule has 0 radical (unpaired) electrons. The highest BCUT2D eigenvalue weighted by Gasteiger charge is 2.28. The van der Waals surface area contributed by atoms with Gasteiger partial charge in [0.25, 0.3) is 0 Å². The average Bonchev–Trinajstić information content (AvgIpc) is 2.26. The molecule has 0 bridgehead atoms. The number of thioether (sulfide) groups is 1. The van der Waals surface area contributed by atoms with Crippen LogP contribution in [0.1, 0.15) is 13.3 Å². The Kier molecular flexibility index (Phi) is 3.18. The highest BCUT2D eigenvalue weighted by atomic mass is 32.2. The van der Waals surface area contributed by atoms with Crippen LogP contribution < -0.4 is 5.32 Å². The molecule has 0 saturated carbocycles. The van der Waals surface area contributed by atoms with Gasteiger partial charge in [0.05, 0.1) is 15.8 Å². The summed E-state index contributed by atoms with van der Waals surface area (Å²) in [6, 6.07) is 5.05. The summed E-state index contributed by atoms with van der Waals surface area (Å²) in [5.74, 6) is -0.124. The second-order valence-corrected chi connectivity index (χ2v) is 7.13. The Morgan fingerprint density at radius 3 is 2.71 bits per heavy atom. The van der Waals surface area contributed by atoms with Crippen molar-refractivity contribution in [1.82, 2.24) is 0 Å². The number of nitrogens with one attached hydrogen (secondary N) is 1. The van der Waals surface area contributed by atoms with E-state index in [9.17, 15) is 13.2 Å². The van der Waals surface area contributed by atoms with Gasteiger partial charge in [-0.1, -0.05) is 13.0 Å². The van der Waals surface area contributed by atoms with E-state index in [0.717, 1.165) is 17.6 Å². The summed E-state index contributed by atoms with van der Waals surface area (Å²) in [6.07, 6.45) is 1.87. The largest absolute Gasteiger partial charge is 0.323 e. The van der Waals surface area contributed by atoms with Crippen molar-refractivity contribution in [3.63, 3.8) is 0 Å². The average molecular weight is 271 g/mol. The number of hydrogen-bond acceptors (Lipinski definition) is 4. The first-order valence-electron chi connectivity index (χ1n) is 5.24. The lowest BCUT2D eigenvalue weighted by atomic mass is 10.2. The van der Waals surface area contributed by atoms with Crippen LogP contribution in [0.15, 0.2) is 28.0 Å². The van der Waals surface area contributed by atoms with E-state index in [1.807, 2.05) is 13.0 Å². The molecular weight excluding hydrogens is 258 g/mol. The van der Waals surface area contributed by atoms with Crippen LogP contribution in [0.3, 0.4) is 0 Å². The lowest BCUT2D eigenvalue weighted by Gasteiger charge is -2.24. The first kappa shape index (κ1) is 12.4. The van der Waals surface area contributed by atoms with Gasteiger partial charge >= 0.3 is 0 Å². The van der Waals surface area contributed by atoms with Gasteiger partial charge in [0.2, 0.25) is 5.91 Å². The fourth-order valence-electron chi connectivity index (χ4n) is 1.72. The van der Waals surface area contributed by atoms with Crippen LogP contribution in [0.2, 0.25) is 0 Å². The maximum absolute atomic E-state index is 11.7. The zero-order chi connectivity index (χ0) is 12.6. The maximum atomic E-state index is 11.7. The predicted octanol–water partition coefficient (Wildman–Crippen LogP) is 1.91. The Balaban J connectivity index is 2.55. The van der Waals surface area contributed by atoms with E-state index in [4.69, 9.17) is 0 Å². The minimum absolute atomic E-state index is 0.124. The number of benzene rings is 1. The summed E-state index contributed by atoms with van der Waals surface area (Å²) in [5.41, 5.74) is 0.426. The van der Waals surface area contributed by atoms with Crippen molar-refractivity contribution in [3.8, 4) is 0 Å². The number of carbonyl (C=O) groups excluding carboxylic acids is 1. The van der Waals surface area contributed by atoms with Crippen molar-refractivity contribution in [1.29, 1.82) is 0 Å². The van der Waals surface area contributed by atoms with E-state index in [2.05, 4.69) is 5.32 Å². The van der Waals surface area contributed by atoms with Crippen LogP contribution in [0, 0.1) is 0 Å². The number of hydrogen-bond donors (Lipinski definition) is 1. The summed E-state index contributed by atoms with van der Waals surface area (Å²) < 4.78 is 23.2. The van der Waals surface area contributed by atoms with Crippen LogP contribution in [0.5, 0.6) is 0 Å². The molecule has 1 N–H and O–H groups in total. The molecule has 1 amide bonds. The van der Waals surface area contributed by atoms with Crippen molar-refractivity contribution < 1.29 is 13.2 Å². The van der Waals surface area contributed by atoms with Crippen LogP contribution in [0.25, 0.3) is 0 Å². The van der Waals surface area contributed by atoms with Gasteiger partial charge in [-0.15, -0.1) is 11.8 Å². The molecule has 0 saturated heterocycles. The van der Waals surface area contributed by atoms with Crippen LogP contribution in [-0.4, -0.2) is 25.8 Å². The van der Waals surface area contributed by atoms with E-state index in [1.54, 1.807) is 6.07 Å². The van der Waals surface area contributed by atoms with Crippen molar-refractivity contribution >= 4 is 33.2 Å². The third kappa shape index (κ3) is 2.32. The molecule has 0 fully saturated rings. The SMILES string of the molecule is CCC1Sc2cccc(S(C)(=O)=O)c2NC1=O. The Morgan fingerprint density at radius 1 is 1.41 bits per heavy atom. The van der Waals surface area contributed by atoms with Gasteiger partial charge in [0.1, 0.15) is 0 Å². The number of fused-ring (bicyclic) bond motifs is 1. The second-order valence-electron chi connectivity index (χ2n) is 3.91. The summed E-state index contributed by atoms with van der Waals surface area (Å²) in [6.45, 7) is 1.93. The number of para-hydroxylation sites is 1. The van der Waals surface area contributed by atoms with Gasteiger partial charge in [-0.2, -0.15) is 0 Å². The Morgan fingerprint density at radius 2 is 2.12 bits per heavy atom. The summed E-state index contributed by atoms with van der Waals surface area (Å²) in [5, 5.41) is 2.56. The van der Waals surface area contributed by atoms with E-state index in [0.29, 0.717) is 5.69 Å². The third-order valence-corrected chi connectivity index (χ3v) is 5.13. The smallest absolute Gasteiger partial charge is 0.237 e. The molecule has 1 aromatic carbocycles. The fourth-order valence-corrected chi connectivity index (χ4v) is 3.72. The molecule has 1 aliphatic rings. The molecule has 1 heterocycles. The van der Waals surface area contributed by atoms with E-state index < -0.39 is 9.84 Å². The van der Waals surface area contributed by atoms with Crippen LogP contribution in [-0.2, 0) is 14.6 Å². The Bertz CT molecular complexity index is 566. The highest BCUT2D eigenvalue weighted by molar-refractivity contribution is 8.01. The number of amides is 1. The zero-order valence-corrected chi connectivity index (χ0v) is 11.2. The van der Waals surface area contributed by atoms with E-state index in [1.165, 1.54) is 17.8 Å². The number of sulfone groups is 1. The van der Waals surface area contributed by atoms with Gasteiger partial charge in [-0.05, 0) is 18.6 Å². The molecule has 2 rings (SSSR count). The Hall–Kier alpha value is -1.01. The molecule has 0 spiro atoms. The van der Waals surface area contributed by atoms with E-state index >= 15 is 0 Å². The number of rotatable bonds is 2. The summed E-state index contributed by atoms with van der Waals surface area (Å²) >= 11 is 1.42. The van der Waals surface area contributed by atoms with E-state index in [-0.39, 0.29) is 16.1 Å². The van der Waals surface area contributed by atoms with Gasteiger partial charge in [-0.3, -0.25) is 4.79 Å². The van der Waals surface area contributed by atoms with Crippen molar-refractivity contribution in [2.75, 3.05) is 11.6 Å². The zero-order valence-electron chi connectivity index (χ0n) is 9.56. The van der Waals surface area contributed by atoms with Crippen molar-refractivity contribution in [3.05, 3.63) is 18.2 Å². The maximum Gasteiger partial charge on any atom is 0.237 e. The first-order chi connectivity index (χ1) is 7.93. The number of anilines is 1. The molecule has 1 aliphatic heterocycles. The molecule has 17 heavy (non-hydrogen) atoms. The standard InChI is InChI=1S/C11H13NO3S2/c1-3-7-11(13)12-10-8(16-7)5-4-6-9(10)17(2,14)15/h4-7H,3H2,1-2H3,(H,12,13). The quantitative estimate of drug-likeness (QED) is 0.892. The summed E-state index contributed by atoms with van der Waals surface area (Å²) in [7, 11) is -3.32. The summed E-state index contributed by atoms with van der Waals surface area (Å²) in [4.78, 5) is 12.7. The second kappa shape index (κ2) is 4.34. The monoisotopic (exact) mass is 271 g/mol. The minimum Gasteiger partial charge on any atom is -0.323 e. The Labute approximate surface area is 105 Å². The number of carbonyl (C=O) groups is 1. The van der Waals surface area contributed by atoms with Crippen molar-refractivity contribution in [2.45, 2.75) is 28.4 Å². The topological polar surface area (TPSA) is 63.2 Å². The van der Waals surface area contributed by atoms with Gasteiger partial charge < -0.3 is 5.32 Å². The lowest BCUT2D eigenvalue weighted by Crippen LogP contribution is -2.29. The molecule has 1 aromatic rings. The van der Waals surface area contributed by atoms with Gasteiger partial charge in [0, 0.05) is 11.2 Å². The van der Waals surface area contributed by atoms with Gasteiger partial charge in [-0.25, -0.2) is 8.42 Å². The molecular formula is C11H13NO3S2. The molecule has 4 nitrogen and oxygen atoms in total. The van der Waals surface area contributed by atoms with Crippen molar-refractivity contribution in [2.24, 2.45) is 0 Å². The first-order valence-corrected chi connectivity index (χ1v) is 8.01. The molecule has 1 unspecified atom stereocenters. The predicted molar refractivity (Wildman–Crippen MR) is 68.1 cm³/mol. The minimum atomic E-state index is -3.32. The molecule has 92 valence electrons. The normalized spacial score (nSPS) is 19.6. The van der Waals surface area contributed by atoms with Crippen LogP contribution in [0.4, 0.5) is 5.69 Å².